The fourth-order valence-electron chi connectivity index (χ4n) is 3.77. The average molecular weight is 454 g/mol. The van der Waals surface area contributed by atoms with Gasteiger partial charge in [-0.15, -0.1) is 0 Å². The molecule has 3 saturated heterocycles. The maximum atomic E-state index is 11.7. The lowest BCUT2D eigenvalue weighted by Crippen LogP contribution is -2.41. The number of nitrogens with zero attached hydrogens (tertiary/aromatic N) is 1. The molecule has 0 radical (unpaired) electrons. The van der Waals surface area contributed by atoms with Gasteiger partial charge in [-0.25, -0.2) is 9.59 Å². The van der Waals surface area contributed by atoms with Gasteiger partial charge < -0.3 is 24.2 Å². The molecule has 1 aromatic rings. The van der Waals surface area contributed by atoms with Gasteiger partial charge in [0.15, 0.2) is 6.10 Å². The lowest BCUT2D eigenvalue weighted by molar-refractivity contribution is -0.144. The van der Waals surface area contributed by atoms with Crippen molar-refractivity contribution in [2.75, 3.05) is 31.3 Å². The van der Waals surface area contributed by atoms with Crippen LogP contribution < -0.4 is 4.90 Å². The Morgan fingerprint density at radius 2 is 1.65 bits per heavy atom. The highest BCUT2D eigenvalue weighted by Gasteiger charge is 2.34. The molecular weight excluding hydrogens is 426 g/mol. The monoisotopic (exact) mass is 453 g/mol. The van der Waals surface area contributed by atoms with Crippen LogP contribution in [0.3, 0.4) is 0 Å². The number of halogens is 1. The lowest BCUT2D eigenvalue weighted by Gasteiger charge is -2.34. The number of esters is 3. The highest BCUT2D eigenvalue weighted by atomic mass is 35.5. The first-order valence-electron chi connectivity index (χ1n) is 10.6. The van der Waals surface area contributed by atoms with Crippen LogP contribution in [-0.4, -0.2) is 61.5 Å². The number of benzene rings is 1. The molecule has 170 valence electrons. The Balaban J connectivity index is 0.000000160. The lowest BCUT2D eigenvalue weighted by atomic mass is 9.99. The van der Waals surface area contributed by atoms with Crippen LogP contribution in [0.2, 0.25) is 5.02 Å². The predicted octanol–water partition coefficient (Wildman–Crippen LogP) is 2.27. The van der Waals surface area contributed by atoms with E-state index >= 15 is 0 Å². The van der Waals surface area contributed by atoms with Crippen molar-refractivity contribution in [2.24, 2.45) is 5.92 Å². The Morgan fingerprint density at radius 3 is 2.13 bits per heavy atom. The zero-order chi connectivity index (χ0) is 22.4. The number of cyclic esters (lactones) is 3. The van der Waals surface area contributed by atoms with Gasteiger partial charge in [-0.1, -0.05) is 18.5 Å². The second kappa shape index (κ2) is 10.8. The van der Waals surface area contributed by atoms with E-state index in [-0.39, 0.29) is 23.9 Å². The van der Waals surface area contributed by atoms with Gasteiger partial charge in [0.1, 0.15) is 6.04 Å². The minimum atomic E-state index is -0.847. The summed E-state index contributed by atoms with van der Waals surface area (Å²) in [6.07, 6.45) is 3.41. The summed E-state index contributed by atoms with van der Waals surface area (Å²) in [6, 6.07) is 5.81. The zero-order valence-electron chi connectivity index (χ0n) is 17.5. The van der Waals surface area contributed by atoms with E-state index in [1.807, 2.05) is 25.1 Å². The van der Waals surface area contributed by atoms with E-state index < -0.39 is 12.1 Å². The van der Waals surface area contributed by atoms with Crippen molar-refractivity contribution < 1.29 is 33.7 Å². The number of aliphatic hydroxyl groups excluding tert-OH is 1. The van der Waals surface area contributed by atoms with Crippen molar-refractivity contribution in [1.82, 2.24) is 0 Å². The molecule has 4 heterocycles. The first-order valence-corrected chi connectivity index (χ1v) is 11.0. The molecule has 0 saturated carbocycles. The molecule has 8 nitrogen and oxygen atoms in total. The van der Waals surface area contributed by atoms with Crippen LogP contribution in [0.15, 0.2) is 18.2 Å². The number of rotatable bonds is 1. The molecule has 0 amide bonds. The smallest absolute Gasteiger partial charge is 0.335 e. The van der Waals surface area contributed by atoms with Crippen LogP contribution in [0.1, 0.15) is 38.2 Å². The SMILES string of the molecule is C[C@@H]1CCOC1=O.O=C1OCC[C@@H]1N1CCCc2cc(Cl)ccc21.O=C1OCC[C@H]1O. The molecule has 0 aromatic heterocycles. The fraction of sp³-hybridized carbons (Fsp3) is 0.591. The van der Waals surface area contributed by atoms with Crippen LogP contribution in [-0.2, 0) is 35.0 Å². The second-order valence-corrected chi connectivity index (χ2v) is 8.31. The molecule has 0 spiro atoms. The molecule has 4 aliphatic rings. The summed E-state index contributed by atoms with van der Waals surface area (Å²) in [5.41, 5.74) is 2.38. The Bertz CT molecular complexity index is 791. The van der Waals surface area contributed by atoms with Crippen molar-refractivity contribution in [3.05, 3.63) is 28.8 Å². The minimum Gasteiger partial charge on any atom is -0.465 e. The van der Waals surface area contributed by atoms with Crippen molar-refractivity contribution in [3.8, 4) is 0 Å². The molecule has 9 heteroatoms. The van der Waals surface area contributed by atoms with Crippen LogP contribution in [0, 0.1) is 5.92 Å². The van der Waals surface area contributed by atoms with Gasteiger partial charge in [0.2, 0.25) is 0 Å². The Hall–Kier alpha value is -2.32. The molecule has 1 aromatic carbocycles. The van der Waals surface area contributed by atoms with E-state index in [4.69, 9.17) is 21.4 Å². The van der Waals surface area contributed by atoms with Crippen LogP contribution in [0.4, 0.5) is 5.69 Å². The highest BCUT2D eigenvalue weighted by Crippen LogP contribution is 2.32. The molecular formula is C22H28ClNO7. The van der Waals surface area contributed by atoms with E-state index in [1.165, 1.54) is 5.56 Å². The average Bonchev–Trinajstić information content (AvgIpc) is 3.45. The molecule has 3 atom stereocenters. The van der Waals surface area contributed by atoms with Crippen molar-refractivity contribution in [3.63, 3.8) is 0 Å². The van der Waals surface area contributed by atoms with Crippen LogP contribution in [0.25, 0.3) is 0 Å². The summed E-state index contributed by atoms with van der Waals surface area (Å²) in [5.74, 6) is -0.465. The summed E-state index contributed by atoms with van der Waals surface area (Å²) >= 11 is 6.00. The van der Waals surface area contributed by atoms with E-state index in [1.54, 1.807) is 0 Å². The molecule has 0 bridgehead atoms. The Kier molecular flexibility index (Phi) is 8.15. The summed E-state index contributed by atoms with van der Waals surface area (Å²) < 4.78 is 14.1. The first kappa shape index (κ1) is 23.3. The van der Waals surface area contributed by atoms with Crippen molar-refractivity contribution in [1.29, 1.82) is 0 Å². The Morgan fingerprint density at radius 1 is 0.968 bits per heavy atom. The van der Waals surface area contributed by atoms with Crippen LogP contribution in [0.5, 0.6) is 0 Å². The summed E-state index contributed by atoms with van der Waals surface area (Å²) in [7, 11) is 0. The predicted molar refractivity (Wildman–Crippen MR) is 113 cm³/mol. The van der Waals surface area contributed by atoms with Crippen LogP contribution >= 0.6 is 11.6 Å². The highest BCUT2D eigenvalue weighted by molar-refractivity contribution is 6.30. The van der Waals surface area contributed by atoms with Crippen molar-refractivity contribution in [2.45, 2.75) is 51.2 Å². The number of fused-ring (bicyclic) bond motifs is 1. The van der Waals surface area contributed by atoms with E-state index in [0.717, 1.165) is 42.9 Å². The number of hydrogen-bond acceptors (Lipinski definition) is 8. The van der Waals surface area contributed by atoms with E-state index in [2.05, 4.69) is 14.4 Å². The maximum absolute atomic E-state index is 11.7. The van der Waals surface area contributed by atoms with Gasteiger partial charge in [0.05, 0.1) is 25.7 Å². The number of carbonyl (C=O) groups excluding carboxylic acids is 3. The standard InChI is InChI=1S/C13H14ClNO2.C5H8O2.C4H6O3/c14-10-3-4-11-9(8-10)2-1-6-15(11)12-5-7-17-13(12)16;1-4-2-3-7-5(4)6;5-3-1-2-7-4(3)6/h3-4,8,12H,1-2,5-7H2;4H,2-3H2,1H3;3,5H,1-2H2/t12-;4-;3-/m011/s1. The summed E-state index contributed by atoms with van der Waals surface area (Å²) in [5, 5.41) is 9.29. The molecule has 31 heavy (non-hydrogen) atoms. The molecule has 4 aliphatic heterocycles. The van der Waals surface area contributed by atoms with Gasteiger partial charge in [-0.3, -0.25) is 4.79 Å². The summed E-state index contributed by atoms with van der Waals surface area (Å²) in [6.45, 7) is 4.35. The Labute approximate surface area is 186 Å². The summed E-state index contributed by atoms with van der Waals surface area (Å²) in [4.78, 5) is 34.3. The third-order valence-corrected chi connectivity index (χ3v) is 5.82. The van der Waals surface area contributed by atoms with Crippen molar-refractivity contribution >= 4 is 35.2 Å². The third-order valence-electron chi connectivity index (χ3n) is 5.59. The molecule has 3 fully saturated rings. The quantitative estimate of drug-likeness (QED) is 0.510. The molecule has 5 rings (SSSR count). The van der Waals surface area contributed by atoms with Gasteiger partial charge >= 0.3 is 17.9 Å². The van der Waals surface area contributed by atoms with Gasteiger partial charge in [-0.2, -0.15) is 0 Å². The number of ether oxygens (including phenoxy) is 3. The number of aryl methyl sites for hydroxylation is 1. The van der Waals surface area contributed by atoms with E-state index in [9.17, 15) is 14.4 Å². The zero-order valence-corrected chi connectivity index (χ0v) is 18.3. The number of anilines is 1. The first-order chi connectivity index (χ1) is 14.9. The minimum absolute atomic E-state index is 0.0417. The third kappa shape index (κ3) is 6.11. The number of carbonyl (C=O) groups is 3. The number of aliphatic hydroxyl groups is 1. The normalized spacial score (nSPS) is 26.6. The van der Waals surface area contributed by atoms with E-state index in [0.29, 0.717) is 26.2 Å². The number of hydrogen-bond donors (Lipinski definition) is 1. The van der Waals surface area contributed by atoms with Gasteiger partial charge in [0, 0.05) is 30.1 Å². The van der Waals surface area contributed by atoms with Gasteiger partial charge in [-0.05, 0) is 43.0 Å². The molecule has 1 N–H and O–H groups in total. The van der Waals surface area contributed by atoms with Gasteiger partial charge in [0.25, 0.3) is 0 Å². The fourth-order valence-corrected chi connectivity index (χ4v) is 3.96. The topological polar surface area (TPSA) is 102 Å². The maximum Gasteiger partial charge on any atom is 0.335 e. The largest absolute Gasteiger partial charge is 0.465 e. The molecule has 0 aliphatic carbocycles. The second-order valence-electron chi connectivity index (χ2n) is 7.87. The molecule has 0 unspecified atom stereocenters.